The third-order valence-corrected chi connectivity index (χ3v) is 2.61. The molecule has 17 heavy (non-hydrogen) atoms. The lowest BCUT2D eigenvalue weighted by atomic mass is 10.3. The fraction of sp³-hybridized carbons (Fsp3) is 0.556. The number of carbonyl (C=O) groups excluding carboxylic acids is 1. The smallest absolute Gasteiger partial charge is 0.320 e. The normalized spacial score (nSPS) is 15.9. The second-order valence-electron chi connectivity index (χ2n) is 3.84. The molecule has 1 aromatic rings. The van der Waals surface area contributed by atoms with Crippen molar-refractivity contribution >= 4 is 11.6 Å². The van der Waals surface area contributed by atoms with Crippen molar-refractivity contribution in [3.05, 3.63) is 22.0 Å². The van der Waals surface area contributed by atoms with E-state index in [0.717, 1.165) is 0 Å². The monoisotopic (exact) mass is 239 g/mol. The maximum atomic E-state index is 12.1. The molecule has 0 aromatic carbocycles. The SMILES string of the molecule is Cn1cc([N+](=O)[O-])c(C(=O)N2CCNCC2)n1. The first kappa shape index (κ1) is 11.5. The highest BCUT2D eigenvalue weighted by Gasteiger charge is 2.29. The van der Waals surface area contributed by atoms with E-state index in [0.29, 0.717) is 26.2 Å². The van der Waals surface area contributed by atoms with E-state index >= 15 is 0 Å². The number of piperazine rings is 1. The Bertz CT molecular complexity index is 449. The standard InChI is InChI=1S/C9H13N5O3/c1-12-6-7(14(16)17)8(11-12)9(15)13-4-2-10-3-5-13/h6,10H,2-5H2,1H3. The van der Waals surface area contributed by atoms with E-state index in [2.05, 4.69) is 10.4 Å². The lowest BCUT2D eigenvalue weighted by molar-refractivity contribution is -0.385. The van der Waals surface area contributed by atoms with E-state index in [1.165, 1.54) is 10.9 Å². The van der Waals surface area contributed by atoms with Crippen molar-refractivity contribution < 1.29 is 9.72 Å². The minimum atomic E-state index is -0.581. The van der Waals surface area contributed by atoms with Crippen molar-refractivity contribution in [3.63, 3.8) is 0 Å². The summed E-state index contributed by atoms with van der Waals surface area (Å²) in [6, 6.07) is 0. The van der Waals surface area contributed by atoms with E-state index in [4.69, 9.17) is 0 Å². The molecule has 8 heteroatoms. The summed E-state index contributed by atoms with van der Waals surface area (Å²) < 4.78 is 1.29. The molecule has 0 bridgehead atoms. The molecule has 92 valence electrons. The van der Waals surface area contributed by atoms with Crippen LogP contribution in [0.4, 0.5) is 5.69 Å². The second-order valence-corrected chi connectivity index (χ2v) is 3.84. The molecule has 2 rings (SSSR count). The summed E-state index contributed by atoms with van der Waals surface area (Å²) in [6.45, 7) is 2.50. The first-order chi connectivity index (χ1) is 8.09. The van der Waals surface area contributed by atoms with Crippen LogP contribution in [-0.2, 0) is 7.05 Å². The molecule has 1 saturated heterocycles. The number of nitrogens with zero attached hydrogens (tertiary/aromatic N) is 4. The number of nitrogens with one attached hydrogen (secondary N) is 1. The maximum Gasteiger partial charge on any atom is 0.320 e. The third kappa shape index (κ3) is 2.26. The summed E-state index contributed by atoms with van der Waals surface area (Å²) in [4.78, 5) is 23.8. The molecule has 1 aromatic heterocycles. The topological polar surface area (TPSA) is 93.3 Å². The molecular formula is C9H13N5O3. The number of hydrogen-bond acceptors (Lipinski definition) is 5. The van der Waals surface area contributed by atoms with Gasteiger partial charge in [0.05, 0.1) is 4.92 Å². The molecule has 0 spiro atoms. The highest BCUT2D eigenvalue weighted by Crippen LogP contribution is 2.18. The summed E-state index contributed by atoms with van der Waals surface area (Å²) in [5.74, 6) is -0.376. The van der Waals surface area contributed by atoms with Crippen LogP contribution in [0.1, 0.15) is 10.5 Å². The highest BCUT2D eigenvalue weighted by atomic mass is 16.6. The van der Waals surface area contributed by atoms with Crippen molar-refractivity contribution in [2.75, 3.05) is 26.2 Å². The fourth-order valence-corrected chi connectivity index (χ4v) is 1.78. The predicted molar refractivity (Wildman–Crippen MR) is 58.6 cm³/mol. The average Bonchev–Trinajstić information content (AvgIpc) is 2.72. The van der Waals surface area contributed by atoms with E-state index in [9.17, 15) is 14.9 Å². The zero-order chi connectivity index (χ0) is 12.4. The van der Waals surface area contributed by atoms with Crippen molar-refractivity contribution in [2.45, 2.75) is 0 Å². The second kappa shape index (κ2) is 4.50. The minimum absolute atomic E-state index is 0.0839. The minimum Gasteiger partial charge on any atom is -0.334 e. The first-order valence-corrected chi connectivity index (χ1v) is 5.27. The lowest BCUT2D eigenvalue weighted by Crippen LogP contribution is -2.46. The fourth-order valence-electron chi connectivity index (χ4n) is 1.78. The van der Waals surface area contributed by atoms with Gasteiger partial charge in [-0.1, -0.05) is 0 Å². The molecule has 0 unspecified atom stereocenters. The third-order valence-electron chi connectivity index (χ3n) is 2.61. The number of hydrogen-bond donors (Lipinski definition) is 1. The molecule has 0 saturated carbocycles. The molecule has 1 amide bonds. The molecule has 0 radical (unpaired) electrons. The zero-order valence-electron chi connectivity index (χ0n) is 9.42. The predicted octanol–water partition coefficient (Wildman–Crippen LogP) is -0.626. The summed E-state index contributed by atoms with van der Waals surface area (Å²) in [5, 5.41) is 17.8. The van der Waals surface area contributed by atoms with Gasteiger partial charge in [-0.25, -0.2) is 0 Å². The molecular weight excluding hydrogens is 226 g/mol. The van der Waals surface area contributed by atoms with Gasteiger partial charge in [0.15, 0.2) is 0 Å². The maximum absolute atomic E-state index is 12.1. The Morgan fingerprint density at radius 2 is 2.18 bits per heavy atom. The Morgan fingerprint density at radius 3 is 2.76 bits per heavy atom. The van der Waals surface area contributed by atoms with E-state index in [1.54, 1.807) is 11.9 Å². The molecule has 1 aliphatic rings. The van der Waals surface area contributed by atoms with Gasteiger partial charge in [0.2, 0.25) is 5.69 Å². The summed E-state index contributed by atoms with van der Waals surface area (Å²) >= 11 is 0. The van der Waals surface area contributed by atoms with Gasteiger partial charge in [0.25, 0.3) is 5.91 Å². The molecule has 1 aliphatic heterocycles. The Morgan fingerprint density at radius 1 is 1.53 bits per heavy atom. The molecule has 0 aliphatic carbocycles. The number of aromatic nitrogens is 2. The van der Waals surface area contributed by atoms with Crippen LogP contribution in [0.25, 0.3) is 0 Å². The molecule has 8 nitrogen and oxygen atoms in total. The number of rotatable bonds is 2. The Kier molecular flexibility index (Phi) is 3.05. The van der Waals surface area contributed by atoms with Crippen LogP contribution in [0, 0.1) is 10.1 Å². The van der Waals surface area contributed by atoms with Crippen molar-refractivity contribution in [1.29, 1.82) is 0 Å². The van der Waals surface area contributed by atoms with Gasteiger partial charge >= 0.3 is 5.69 Å². The average molecular weight is 239 g/mol. The van der Waals surface area contributed by atoms with E-state index in [1.807, 2.05) is 0 Å². The van der Waals surface area contributed by atoms with Gasteiger partial charge in [-0.05, 0) is 0 Å². The largest absolute Gasteiger partial charge is 0.334 e. The lowest BCUT2D eigenvalue weighted by Gasteiger charge is -2.26. The van der Waals surface area contributed by atoms with Crippen molar-refractivity contribution in [2.24, 2.45) is 7.05 Å². The Balaban J connectivity index is 2.26. The van der Waals surface area contributed by atoms with Gasteiger partial charge in [0.1, 0.15) is 6.20 Å². The summed E-state index contributed by atoms with van der Waals surface area (Å²) in [5.41, 5.74) is -0.324. The number of aryl methyl sites for hydroxylation is 1. The van der Waals surface area contributed by atoms with Gasteiger partial charge in [-0.15, -0.1) is 0 Å². The zero-order valence-corrected chi connectivity index (χ0v) is 9.42. The summed E-state index contributed by atoms with van der Waals surface area (Å²) in [7, 11) is 1.56. The van der Waals surface area contributed by atoms with Crippen LogP contribution in [0.15, 0.2) is 6.20 Å². The van der Waals surface area contributed by atoms with Gasteiger partial charge in [-0.3, -0.25) is 19.6 Å². The van der Waals surface area contributed by atoms with E-state index in [-0.39, 0.29) is 17.3 Å². The van der Waals surface area contributed by atoms with Gasteiger partial charge < -0.3 is 10.2 Å². The molecule has 0 atom stereocenters. The van der Waals surface area contributed by atoms with Crippen molar-refractivity contribution in [1.82, 2.24) is 20.0 Å². The van der Waals surface area contributed by atoms with Crippen LogP contribution in [0.3, 0.4) is 0 Å². The quantitative estimate of drug-likeness (QED) is 0.548. The number of nitro groups is 1. The Labute approximate surface area is 97.3 Å². The molecule has 2 heterocycles. The van der Waals surface area contributed by atoms with Gasteiger partial charge in [0, 0.05) is 33.2 Å². The molecule has 1 N–H and O–H groups in total. The highest BCUT2D eigenvalue weighted by molar-refractivity contribution is 5.96. The van der Waals surface area contributed by atoms with Crippen LogP contribution in [-0.4, -0.2) is 51.7 Å². The van der Waals surface area contributed by atoms with Crippen LogP contribution < -0.4 is 5.32 Å². The number of carbonyl (C=O) groups is 1. The first-order valence-electron chi connectivity index (χ1n) is 5.27. The Hall–Kier alpha value is -1.96. The summed E-state index contributed by atoms with van der Waals surface area (Å²) in [6.07, 6.45) is 1.25. The van der Waals surface area contributed by atoms with Gasteiger partial charge in [-0.2, -0.15) is 5.10 Å². The van der Waals surface area contributed by atoms with Crippen molar-refractivity contribution in [3.8, 4) is 0 Å². The molecule has 1 fully saturated rings. The van der Waals surface area contributed by atoms with E-state index < -0.39 is 4.92 Å². The van der Waals surface area contributed by atoms with Crippen LogP contribution >= 0.6 is 0 Å². The van der Waals surface area contributed by atoms with Crippen LogP contribution in [0.5, 0.6) is 0 Å². The number of amides is 1. The van der Waals surface area contributed by atoms with Crippen LogP contribution in [0.2, 0.25) is 0 Å².